The summed E-state index contributed by atoms with van der Waals surface area (Å²) in [6.45, 7) is 3.70. The van der Waals surface area contributed by atoms with Crippen molar-refractivity contribution in [2.45, 2.75) is 19.6 Å². The summed E-state index contributed by atoms with van der Waals surface area (Å²) in [5.74, 6) is -0.856. The maximum absolute atomic E-state index is 6.23. The highest BCUT2D eigenvalue weighted by molar-refractivity contribution is 7.96. The zero-order valence-electron chi connectivity index (χ0n) is 20.6. The molecule has 0 atom stereocenters. The van der Waals surface area contributed by atoms with Gasteiger partial charge in [0.2, 0.25) is 5.79 Å². The molecular weight excluding hydrogens is 553 g/mol. The van der Waals surface area contributed by atoms with Crippen LogP contribution in [0.1, 0.15) is 19.4 Å². The van der Waals surface area contributed by atoms with E-state index in [9.17, 15) is 0 Å². The number of ether oxygens (including phenoxy) is 1. The van der Waals surface area contributed by atoms with E-state index in [1.165, 1.54) is 15.9 Å². The average Bonchev–Trinajstić information content (AvgIpc) is 2.91. The first-order chi connectivity index (χ1) is 16.9. The van der Waals surface area contributed by atoms with Crippen LogP contribution in [0, 0.1) is 0 Å². The fraction of sp³-hybridized carbons (Fsp3) is 0.167. The number of hydrogen-bond acceptors (Lipinski definition) is 3. The van der Waals surface area contributed by atoms with Gasteiger partial charge in [-0.25, -0.2) is 0 Å². The smallest absolute Gasteiger partial charge is 0.230 e. The predicted octanol–water partition coefficient (Wildman–Crippen LogP) is 3.44. The fourth-order valence-electron chi connectivity index (χ4n) is 4.01. The van der Waals surface area contributed by atoms with Crippen LogP contribution in [0.15, 0.2) is 120 Å². The highest BCUT2D eigenvalue weighted by Crippen LogP contribution is 2.55. The SMILES string of the molecule is COC(C)(C)O/N=C(\C[P+](c1ccccc1)(c1ccccc1)c1ccccc1)c1ccc(Cl)cc1.[Br-]. The van der Waals surface area contributed by atoms with Crippen LogP contribution < -0.4 is 32.9 Å². The lowest BCUT2D eigenvalue weighted by Gasteiger charge is -2.28. The molecule has 3 nitrogen and oxygen atoms in total. The van der Waals surface area contributed by atoms with Crippen molar-refractivity contribution in [1.29, 1.82) is 0 Å². The van der Waals surface area contributed by atoms with Gasteiger partial charge in [0.05, 0.1) is 0 Å². The summed E-state index contributed by atoms with van der Waals surface area (Å²) in [5.41, 5.74) is 1.81. The number of hydrogen-bond donors (Lipinski definition) is 0. The zero-order valence-corrected chi connectivity index (χ0v) is 23.9. The van der Waals surface area contributed by atoms with Crippen LogP contribution in [0.2, 0.25) is 5.02 Å². The van der Waals surface area contributed by atoms with Gasteiger partial charge in [-0.2, -0.15) is 0 Å². The van der Waals surface area contributed by atoms with E-state index in [1.54, 1.807) is 7.11 Å². The molecule has 36 heavy (non-hydrogen) atoms. The first-order valence-electron chi connectivity index (χ1n) is 11.6. The molecule has 0 aromatic heterocycles. The topological polar surface area (TPSA) is 30.8 Å². The molecule has 4 aromatic rings. The Morgan fingerprint density at radius 3 is 1.53 bits per heavy atom. The number of oxime groups is 1. The molecule has 0 saturated carbocycles. The second-order valence-corrected chi connectivity index (χ2v) is 12.6. The highest BCUT2D eigenvalue weighted by atomic mass is 79.9. The third kappa shape index (κ3) is 6.44. The summed E-state index contributed by atoms with van der Waals surface area (Å²) < 4.78 is 5.49. The minimum atomic E-state index is -2.16. The van der Waals surface area contributed by atoms with Crippen molar-refractivity contribution in [2.24, 2.45) is 5.16 Å². The van der Waals surface area contributed by atoms with Crippen LogP contribution in [-0.2, 0) is 9.57 Å². The molecule has 0 spiro atoms. The van der Waals surface area contributed by atoms with Crippen LogP contribution in [0.3, 0.4) is 0 Å². The van der Waals surface area contributed by atoms with E-state index in [2.05, 4.69) is 91.0 Å². The van der Waals surface area contributed by atoms with Crippen LogP contribution in [0.25, 0.3) is 0 Å². The van der Waals surface area contributed by atoms with E-state index in [-0.39, 0.29) is 17.0 Å². The Bertz CT molecular complexity index is 1150. The molecule has 0 aliphatic heterocycles. The Morgan fingerprint density at radius 2 is 1.14 bits per heavy atom. The molecule has 0 aliphatic rings. The number of methoxy groups -OCH3 is 1. The molecule has 0 bridgehead atoms. The Morgan fingerprint density at radius 1 is 0.722 bits per heavy atom. The van der Waals surface area contributed by atoms with Crippen molar-refractivity contribution in [2.75, 3.05) is 13.3 Å². The third-order valence-corrected chi connectivity index (χ3v) is 10.6. The zero-order chi connectivity index (χ0) is 24.7. The van der Waals surface area contributed by atoms with Crippen LogP contribution >= 0.6 is 18.9 Å². The summed E-state index contributed by atoms with van der Waals surface area (Å²) in [6, 6.07) is 40.0. The summed E-state index contributed by atoms with van der Waals surface area (Å²) in [4.78, 5) is 5.93. The van der Waals surface area contributed by atoms with Crippen molar-refractivity contribution >= 4 is 40.5 Å². The highest BCUT2D eigenvalue weighted by Gasteiger charge is 2.47. The summed E-state index contributed by atoms with van der Waals surface area (Å²) in [7, 11) is -0.544. The van der Waals surface area contributed by atoms with E-state index in [0.717, 1.165) is 11.3 Å². The minimum Gasteiger partial charge on any atom is -1.00 e. The Labute approximate surface area is 230 Å². The van der Waals surface area contributed by atoms with E-state index in [4.69, 9.17) is 26.3 Å². The molecule has 0 radical (unpaired) electrons. The minimum absolute atomic E-state index is 0. The third-order valence-electron chi connectivity index (χ3n) is 6.02. The van der Waals surface area contributed by atoms with Gasteiger partial charge >= 0.3 is 0 Å². The molecule has 0 N–H and O–H groups in total. The molecule has 0 amide bonds. The van der Waals surface area contributed by atoms with Gasteiger partial charge < -0.3 is 26.6 Å². The van der Waals surface area contributed by atoms with Gasteiger partial charge in [0.15, 0.2) is 0 Å². The summed E-state index contributed by atoms with van der Waals surface area (Å²) >= 11 is 6.23. The maximum Gasteiger partial charge on any atom is 0.230 e. The standard InChI is InChI=1S/C30H30ClNO2P.BrH/c1-30(2,33-3)34-32-29(24-19-21-25(31)22-20-24)23-35(26-13-7-4-8-14-26,27-15-9-5-10-16-27)28-17-11-6-12-18-28;/h4-22H,23H2,1-3H3;1H/q+1;/p-1/b32-29+;. The van der Waals surface area contributed by atoms with Crippen molar-refractivity contribution in [3.63, 3.8) is 0 Å². The first kappa shape index (κ1) is 28.1. The largest absolute Gasteiger partial charge is 1.00 e. The Hall–Kier alpha value is -2.49. The predicted molar refractivity (Wildman–Crippen MR) is 150 cm³/mol. The number of nitrogens with zero attached hydrogens (tertiary/aromatic N) is 1. The summed E-state index contributed by atoms with van der Waals surface area (Å²) in [5, 5.41) is 9.23. The molecule has 0 fully saturated rings. The van der Waals surface area contributed by atoms with Gasteiger partial charge in [0.25, 0.3) is 0 Å². The van der Waals surface area contributed by atoms with Crippen molar-refractivity contribution < 1.29 is 26.6 Å². The van der Waals surface area contributed by atoms with Crippen molar-refractivity contribution in [1.82, 2.24) is 0 Å². The van der Waals surface area contributed by atoms with Gasteiger partial charge in [0, 0.05) is 31.5 Å². The van der Waals surface area contributed by atoms with Crippen LogP contribution in [0.5, 0.6) is 0 Å². The van der Waals surface area contributed by atoms with Gasteiger partial charge in [0.1, 0.15) is 35.0 Å². The molecule has 0 aliphatic carbocycles. The molecule has 4 aromatic carbocycles. The summed E-state index contributed by atoms with van der Waals surface area (Å²) in [6.07, 6.45) is 0.673. The van der Waals surface area contributed by atoms with Crippen LogP contribution in [-0.4, -0.2) is 24.8 Å². The Balaban J connectivity index is 0.00000361. The molecule has 0 heterocycles. The van der Waals surface area contributed by atoms with E-state index >= 15 is 0 Å². The number of rotatable bonds is 9. The fourth-order valence-corrected chi connectivity index (χ4v) is 8.31. The molecular formula is C30H30BrClNO2P. The number of halogens is 2. The second kappa shape index (κ2) is 12.7. The van der Waals surface area contributed by atoms with E-state index < -0.39 is 13.0 Å². The van der Waals surface area contributed by atoms with Gasteiger partial charge in [-0.05, 0) is 48.5 Å². The van der Waals surface area contributed by atoms with Gasteiger partial charge in [-0.15, -0.1) is 0 Å². The van der Waals surface area contributed by atoms with Gasteiger partial charge in [-0.3, -0.25) is 0 Å². The second-order valence-electron chi connectivity index (χ2n) is 8.71. The lowest BCUT2D eigenvalue weighted by atomic mass is 10.1. The quantitative estimate of drug-likeness (QED) is 0.131. The molecule has 186 valence electrons. The molecule has 4 rings (SSSR count). The van der Waals surface area contributed by atoms with Crippen LogP contribution in [0.4, 0.5) is 0 Å². The lowest BCUT2D eigenvalue weighted by Crippen LogP contribution is -3.00. The van der Waals surface area contributed by atoms with Crippen molar-refractivity contribution in [3.05, 3.63) is 126 Å². The van der Waals surface area contributed by atoms with E-state index in [0.29, 0.717) is 11.2 Å². The monoisotopic (exact) mass is 581 g/mol. The molecule has 0 unspecified atom stereocenters. The Kier molecular flexibility index (Phi) is 9.87. The van der Waals surface area contributed by atoms with Gasteiger partial charge in [-0.1, -0.05) is 83.5 Å². The lowest BCUT2D eigenvalue weighted by molar-refractivity contribution is -0.197. The first-order valence-corrected chi connectivity index (χ1v) is 13.9. The molecule has 0 saturated heterocycles. The van der Waals surface area contributed by atoms with E-state index in [1.807, 2.05) is 38.1 Å². The number of benzene rings is 4. The normalized spacial score (nSPS) is 12.1. The molecule has 6 heteroatoms. The average molecular weight is 583 g/mol. The van der Waals surface area contributed by atoms with Crippen molar-refractivity contribution in [3.8, 4) is 0 Å². The maximum atomic E-state index is 6.23.